The van der Waals surface area contributed by atoms with E-state index >= 15 is 0 Å². The molecule has 4 rings (SSSR count). The zero-order valence-electron chi connectivity index (χ0n) is 14.7. The van der Waals surface area contributed by atoms with Gasteiger partial charge in [0.2, 0.25) is 0 Å². The third kappa shape index (κ3) is 4.61. The minimum absolute atomic E-state index is 0.170. The molecule has 28 heavy (non-hydrogen) atoms. The van der Waals surface area contributed by atoms with E-state index in [4.69, 9.17) is 65.4 Å². The first-order valence-electron chi connectivity index (χ1n) is 8.85. The predicted octanol–water partition coefficient (Wildman–Crippen LogP) is 5.57. The highest BCUT2D eigenvalue weighted by atomic mass is 35.5. The van der Waals surface area contributed by atoms with Crippen LogP contribution in [0, 0.1) is 0 Å². The van der Waals surface area contributed by atoms with E-state index in [2.05, 4.69) is 0 Å². The molecule has 0 aliphatic carbocycles. The molecule has 2 aliphatic rings. The van der Waals surface area contributed by atoms with E-state index in [1.54, 1.807) is 24.3 Å². The molecule has 0 N–H and O–H groups in total. The van der Waals surface area contributed by atoms with Crippen LogP contribution in [0.5, 0.6) is 0 Å². The zero-order valence-corrected chi connectivity index (χ0v) is 17.8. The number of rotatable bonds is 6. The van der Waals surface area contributed by atoms with Gasteiger partial charge in [-0.05, 0) is 35.4 Å². The number of benzene rings is 2. The van der Waals surface area contributed by atoms with E-state index in [0.717, 1.165) is 11.1 Å². The molecule has 0 spiro atoms. The Balaban J connectivity index is 1.31. The van der Waals surface area contributed by atoms with Crippen molar-refractivity contribution in [3.8, 4) is 0 Å². The lowest BCUT2D eigenvalue weighted by Crippen LogP contribution is -2.34. The first kappa shape index (κ1) is 20.7. The molecule has 0 unspecified atom stereocenters. The molecule has 0 aromatic heterocycles. The van der Waals surface area contributed by atoms with E-state index < -0.39 is 0 Å². The van der Waals surface area contributed by atoms with Crippen molar-refractivity contribution in [3.63, 3.8) is 0 Å². The van der Waals surface area contributed by atoms with Crippen molar-refractivity contribution in [2.75, 3.05) is 13.2 Å². The smallest absolute Gasteiger partial charge is 0.115 e. The van der Waals surface area contributed by atoms with Gasteiger partial charge >= 0.3 is 0 Å². The Labute approximate surface area is 183 Å². The molecular weight excluding hydrogens is 446 g/mol. The quantitative estimate of drug-likeness (QED) is 0.561. The first-order valence-corrected chi connectivity index (χ1v) is 10.4. The highest BCUT2D eigenvalue weighted by Crippen LogP contribution is 2.32. The maximum absolute atomic E-state index is 6.21. The fourth-order valence-electron chi connectivity index (χ4n) is 3.39. The lowest BCUT2D eigenvalue weighted by Gasteiger charge is -2.18. The number of hydrogen-bond donors (Lipinski definition) is 0. The van der Waals surface area contributed by atoms with E-state index in [-0.39, 0.29) is 24.4 Å². The summed E-state index contributed by atoms with van der Waals surface area (Å²) in [6.07, 6.45) is -0.692. The molecular formula is C20H18Cl4O4. The largest absolute Gasteiger partial charge is 0.370 e. The maximum atomic E-state index is 6.21. The summed E-state index contributed by atoms with van der Waals surface area (Å²) < 4.78 is 23.8. The summed E-state index contributed by atoms with van der Waals surface area (Å²) >= 11 is 24.3. The van der Waals surface area contributed by atoms with Crippen LogP contribution in [0.1, 0.15) is 11.1 Å². The van der Waals surface area contributed by atoms with Crippen LogP contribution in [0.4, 0.5) is 0 Å². The highest BCUT2D eigenvalue weighted by Gasteiger charge is 2.48. The monoisotopic (exact) mass is 462 g/mol. The topological polar surface area (TPSA) is 36.9 Å². The van der Waals surface area contributed by atoms with Crippen molar-refractivity contribution in [1.29, 1.82) is 0 Å². The predicted molar refractivity (Wildman–Crippen MR) is 110 cm³/mol. The van der Waals surface area contributed by atoms with Gasteiger partial charge in [-0.3, -0.25) is 0 Å². The van der Waals surface area contributed by atoms with Crippen molar-refractivity contribution in [1.82, 2.24) is 0 Å². The van der Waals surface area contributed by atoms with Crippen LogP contribution in [-0.4, -0.2) is 37.6 Å². The Morgan fingerprint density at radius 1 is 0.714 bits per heavy atom. The van der Waals surface area contributed by atoms with Gasteiger partial charge in [-0.1, -0.05) is 58.5 Å². The van der Waals surface area contributed by atoms with Crippen molar-refractivity contribution in [2.24, 2.45) is 0 Å². The normalized spacial score (nSPS) is 26.6. The lowest BCUT2D eigenvalue weighted by atomic mass is 10.1. The zero-order chi connectivity index (χ0) is 19.7. The van der Waals surface area contributed by atoms with Gasteiger partial charge in [-0.25, -0.2) is 0 Å². The average Bonchev–Trinajstić information content (AvgIpc) is 3.23. The van der Waals surface area contributed by atoms with Gasteiger partial charge in [0.1, 0.15) is 24.4 Å². The molecule has 0 saturated carbocycles. The second-order valence-corrected chi connectivity index (χ2v) is 8.45. The second-order valence-electron chi connectivity index (χ2n) is 6.77. The highest BCUT2D eigenvalue weighted by molar-refractivity contribution is 6.35. The summed E-state index contributed by atoms with van der Waals surface area (Å²) in [6.45, 7) is 1.62. The molecule has 4 atom stereocenters. The van der Waals surface area contributed by atoms with Crippen molar-refractivity contribution in [3.05, 3.63) is 67.6 Å². The first-order chi connectivity index (χ1) is 13.5. The third-order valence-electron chi connectivity index (χ3n) is 4.90. The van der Waals surface area contributed by atoms with Crippen LogP contribution in [0.25, 0.3) is 0 Å². The maximum Gasteiger partial charge on any atom is 0.115 e. The molecule has 0 bridgehead atoms. The molecule has 2 aliphatic heterocycles. The van der Waals surface area contributed by atoms with Gasteiger partial charge in [0, 0.05) is 20.1 Å². The van der Waals surface area contributed by atoms with Gasteiger partial charge in [0.25, 0.3) is 0 Å². The molecule has 2 fully saturated rings. The minimum atomic E-state index is -0.176. The number of halogens is 4. The fourth-order valence-corrected chi connectivity index (χ4v) is 4.31. The number of hydrogen-bond acceptors (Lipinski definition) is 4. The Morgan fingerprint density at radius 2 is 1.14 bits per heavy atom. The summed E-state index contributed by atoms with van der Waals surface area (Å²) in [6, 6.07) is 10.7. The van der Waals surface area contributed by atoms with E-state index in [1.165, 1.54) is 0 Å². The Morgan fingerprint density at radius 3 is 1.54 bits per heavy atom. The molecule has 150 valence electrons. The fraction of sp³-hybridized carbons (Fsp3) is 0.400. The van der Waals surface area contributed by atoms with Gasteiger partial charge in [-0.2, -0.15) is 0 Å². The SMILES string of the molecule is Clc1ccc(CO[C@H]2CO[C@H]3[C@@H]2OC[C@H]3OCc2ccc(Cl)cc2Cl)c(Cl)c1. The summed E-state index contributed by atoms with van der Waals surface area (Å²) in [5.41, 5.74) is 1.75. The van der Waals surface area contributed by atoms with E-state index in [0.29, 0.717) is 46.5 Å². The molecule has 2 saturated heterocycles. The van der Waals surface area contributed by atoms with E-state index in [1.807, 2.05) is 12.1 Å². The molecule has 2 heterocycles. The Bertz CT molecular complexity index is 777. The summed E-state index contributed by atoms with van der Waals surface area (Å²) in [5.74, 6) is 0. The Hall–Kier alpha value is -0.560. The standard InChI is InChI=1S/C20H18Cl4O4/c21-13-3-1-11(15(23)5-13)7-25-17-9-27-20-18(10-28-19(17)20)26-8-12-2-4-14(22)6-16(12)24/h1-6,17-20H,7-10H2/t17-,18+,19-,20-/m1/s1. The molecule has 0 radical (unpaired) electrons. The minimum Gasteiger partial charge on any atom is -0.370 e. The van der Waals surface area contributed by atoms with Gasteiger partial charge in [-0.15, -0.1) is 0 Å². The number of fused-ring (bicyclic) bond motifs is 1. The van der Waals surface area contributed by atoms with Crippen LogP contribution in [0.3, 0.4) is 0 Å². The van der Waals surface area contributed by atoms with Crippen LogP contribution in [0.15, 0.2) is 36.4 Å². The molecule has 2 aromatic rings. The van der Waals surface area contributed by atoms with Crippen molar-refractivity contribution < 1.29 is 18.9 Å². The Kier molecular flexibility index (Phi) is 6.70. The van der Waals surface area contributed by atoms with Gasteiger partial charge in [0.15, 0.2) is 0 Å². The van der Waals surface area contributed by atoms with Gasteiger partial charge in [0.05, 0.1) is 26.4 Å². The third-order valence-corrected chi connectivity index (χ3v) is 6.07. The number of ether oxygens (including phenoxy) is 4. The molecule has 4 nitrogen and oxygen atoms in total. The van der Waals surface area contributed by atoms with Crippen LogP contribution in [-0.2, 0) is 32.2 Å². The van der Waals surface area contributed by atoms with Gasteiger partial charge < -0.3 is 18.9 Å². The van der Waals surface area contributed by atoms with Crippen molar-refractivity contribution >= 4 is 46.4 Å². The second kappa shape index (κ2) is 9.07. The summed E-state index contributed by atoms with van der Waals surface area (Å²) in [7, 11) is 0. The average molecular weight is 464 g/mol. The van der Waals surface area contributed by atoms with Crippen LogP contribution >= 0.6 is 46.4 Å². The molecule has 2 aromatic carbocycles. The molecule has 0 amide bonds. The van der Waals surface area contributed by atoms with E-state index in [9.17, 15) is 0 Å². The van der Waals surface area contributed by atoms with Crippen molar-refractivity contribution in [2.45, 2.75) is 37.6 Å². The summed E-state index contributed by atoms with van der Waals surface area (Å²) in [5, 5.41) is 2.35. The summed E-state index contributed by atoms with van der Waals surface area (Å²) in [4.78, 5) is 0. The van der Waals surface area contributed by atoms with Crippen LogP contribution in [0.2, 0.25) is 20.1 Å². The lowest BCUT2D eigenvalue weighted by molar-refractivity contribution is -0.0580. The van der Waals surface area contributed by atoms with Crippen LogP contribution < -0.4 is 0 Å². The molecule has 8 heteroatoms.